The number of hydrogen-bond acceptors (Lipinski definition) is 5. The van der Waals surface area contributed by atoms with Gasteiger partial charge in [0.15, 0.2) is 0 Å². The Hall–Kier alpha value is -2.47. The first-order chi connectivity index (χ1) is 11.0. The van der Waals surface area contributed by atoms with Gasteiger partial charge < -0.3 is 10.5 Å². The third kappa shape index (κ3) is 3.32. The molecule has 0 atom stereocenters. The number of halogens is 2. The quantitative estimate of drug-likeness (QED) is 0.895. The fraction of sp³-hybridized carbons (Fsp3) is 0.188. The van der Waals surface area contributed by atoms with E-state index in [4.69, 9.17) is 33.7 Å². The molecule has 0 bridgehead atoms. The zero-order valence-electron chi connectivity index (χ0n) is 12.2. The maximum atomic E-state index is 9.53. The number of aromatic nitrogens is 1. The monoisotopic (exact) mass is 346 g/mol. The molecule has 1 aromatic heterocycles. The lowest BCUT2D eigenvalue weighted by Crippen LogP contribution is -2.07. The number of hydrogen-bond donors (Lipinski definition) is 1. The molecule has 5 nitrogen and oxygen atoms in total. The van der Waals surface area contributed by atoms with E-state index in [1.165, 1.54) is 6.07 Å². The number of anilines is 1. The van der Waals surface area contributed by atoms with Gasteiger partial charge in [0.25, 0.3) is 0 Å². The van der Waals surface area contributed by atoms with E-state index in [1.54, 1.807) is 12.1 Å². The summed E-state index contributed by atoms with van der Waals surface area (Å²) >= 11 is 12.1. The Morgan fingerprint density at radius 2 is 1.91 bits per heavy atom. The summed E-state index contributed by atoms with van der Waals surface area (Å²) in [5, 5.41) is 19.7. The molecule has 0 aliphatic rings. The Morgan fingerprint density at radius 1 is 1.22 bits per heavy atom. The summed E-state index contributed by atoms with van der Waals surface area (Å²) in [6.45, 7) is 2.30. The summed E-state index contributed by atoms with van der Waals surface area (Å²) in [5.41, 5.74) is 6.82. The van der Waals surface area contributed by atoms with Crippen LogP contribution in [0.2, 0.25) is 10.0 Å². The Labute approximate surface area is 143 Å². The van der Waals surface area contributed by atoms with Crippen LogP contribution in [0.4, 0.5) is 5.82 Å². The molecule has 0 amide bonds. The molecule has 0 spiro atoms. The van der Waals surface area contributed by atoms with Crippen molar-refractivity contribution in [2.75, 3.05) is 12.3 Å². The van der Waals surface area contributed by atoms with Gasteiger partial charge in [-0.1, -0.05) is 36.2 Å². The molecule has 7 heteroatoms. The molecule has 2 aromatic rings. The van der Waals surface area contributed by atoms with Crippen LogP contribution < -0.4 is 10.5 Å². The van der Waals surface area contributed by atoms with E-state index in [0.717, 1.165) is 6.42 Å². The number of rotatable bonds is 4. The average Bonchev–Trinajstić information content (AvgIpc) is 2.52. The third-order valence-corrected chi connectivity index (χ3v) is 3.61. The lowest BCUT2D eigenvalue weighted by molar-refractivity contribution is 0.305. The molecular weight excluding hydrogens is 335 g/mol. The molecular formula is C16H12Cl2N4O. The number of nitriles is 2. The average molecular weight is 347 g/mol. The van der Waals surface area contributed by atoms with Gasteiger partial charge in [-0.15, -0.1) is 0 Å². The Morgan fingerprint density at radius 3 is 2.48 bits per heavy atom. The topological polar surface area (TPSA) is 95.7 Å². The molecule has 2 rings (SSSR count). The lowest BCUT2D eigenvalue weighted by atomic mass is 9.96. The summed E-state index contributed by atoms with van der Waals surface area (Å²) < 4.78 is 5.49. The number of benzene rings is 1. The van der Waals surface area contributed by atoms with Crippen LogP contribution in [0, 0.1) is 22.7 Å². The van der Waals surface area contributed by atoms with Gasteiger partial charge in [-0.25, -0.2) is 0 Å². The molecule has 116 valence electrons. The van der Waals surface area contributed by atoms with Crippen LogP contribution in [0.25, 0.3) is 11.1 Å². The highest BCUT2D eigenvalue weighted by atomic mass is 35.5. The third-order valence-electron chi connectivity index (χ3n) is 3.06. The van der Waals surface area contributed by atoms with E-state index in [1.807, 2.05) is 19.1 Å². The largest absolute Gasteiger partial charge is 0.477 e. The normalized spacial score (nSPS) is 9.96. The van der Waals surface area contributed by atoms with Crippen molar-refractivity contribution in [1.29, 1.82) is 10.5 Å². The molecule has 1 aromatic carbocycles. The molecule has 23 heavy (non-hydrogen) atoms. The van der Waals surface area contributed by atoms with Crippen molar-refractivity contribution < 1.29 is 4.74 Å². The second-order valence-corrected chi connectivity index (χ2v) is 5.47. The van der Waals surface area contributed by atoms with Crippen molar-refractivity contribution in [2.24, 2.45) is 0 Å². The van der Waals surface area contributed by atoms with E-state index < -0.39 is 0 Å². The second kappa shape index (κ2) is 7.19. The molecule has 1 heterocycles. The molecule has 2 N–H and O–H groups in total. The fourth-order valence-electron chi connectivity index (χ4n) is 2.06. The summed E-state index contributed by atoms with van der Waals surface area (Å²) in [5.74, 6) is 0.0745. The molecule has 0 radical (unpaired) electrons. The first kappa shape index (κ1) is 16.9. The van der Waals surface area contributed by atoms with Crippen LogP contribution >= 0.6 is 23.2 Å². The van der Waals surface area contributed by atoms with Crippen molar-refractivity contribution in [3.63, 3.8) is 0 Å². The minimum absolute atomic E-state index is 0.0152. The number of pyridine rings is 1. The predicted molar refractivity (Wildman–Crippen MR) is 89.3 cm³/mol. The highest BCUT2D eigenvalue weighted by Crippen LogP contribution is 2.39. The number of nitrogens with zero attached hydrogens (tertiary/aromatic N) is 3. The highest BCUT2D eigenvalue weighted by molar-refractivity contribution is 6.36. The van der Waals surface area contributed by atoms with Crippen LogP contribution in [0.15, 0.2) is 18.2 Å². The predicted octanol–water partition coefficient (Wildman–Crippen LogP) is 4.17. The van der Waals surface area contributed by atoms with Gasteiger partial charge >= 0.3 is 0 Å². The number of nitrogens with two attached hydrogens (primary N) is 1. The van der Waals surface area contributed by atoms with Crippen molar-refractivity contribution in [3.8, 4) is 29.1 Å². The Bertz CT molecular complexity index is 837. The van der Waals surface area contributed by atoms with E-state index >= 15 is 0 Å². The molecule has 0 aliphatic carbocycles. The molecule has 0 unspecified atom stereocenters. The van der Waals surface area contributed by atoms with Crippen LogP contribution in [-0.4, -0.2) is 11.6 Å². The molecule has 0 saturated carbocycles. The first-order valence-electron chi connectivity index (χ1n) is 6.75. The lowest BCUT2D eigenvalue weighted by Gasteiger charge is -2.14. The van der Waals surface area contributed by atoms with Crippen LogP contribution in [-0.2, 0) is 0 Å². The highest BCUT2D eigenvalue weighted by Gasteiger charge is 2.22. The van der Waals surface area contributed by atoms with Gasteiger partial charge in [-0.05, 0) is 18.6 Å². The Balaban J connectivity index is 2.81. The van der Waals surface area contributed by atoms with Crippen molar-refractivity contribution in [1.82, 2.24) is 4.98 Å². The van der Waals surface area contributed by atoms with Crippen LogP contribution in [0.1, 0.15) is 24.5 Å². The van der Waals surface area contributed by atoms with Gasteiger partial charge in [0.2, 0.25) is 5.88 Å². The van der Waals surface area contributed by atoms with E-state index in [-0.39, 0.29) is 22.8 Å². The summed E-state index contributed by atoms with van der Waals surface area (Å²) in [6, 6.07) is 8.79. The van der Waals surface area contributed by atoms with Crippen LogP contribution in [0.5, 0.6) is 5.88 Å². The van der Waals surface area contributed by atoms with Gasteiger partial charge in [0.1, 0.15) is 29.1 Å². The molecule has 0 fully saturated rings. The Kier molecular flexibility index (Phi) is 5.28. The van der Waals surface area contributed by atoms with Crippen LogP contribution in [0.3, 0.4) is 0 Å². The first-order valence-corrected chi connectivity index (χ1v) is 7.50. The standard InChI is InChI=1S/C16H12Cl2N4O/c1-2-5-23-16-12(8-20)14(11(7-19)15(21)22-16)10-4-3-9(17)6-13(10)18/h3-4,6H,2,5H2,1H3,(H2,21,22). The molecule has 0 saturated heterocycles. The molecule has 0 aliphatic heterocycles. The SMILES string of the molecule is CCCOc1nc(N)c(C#N)c(-c2ccc(Cl)cc2Cl)c1C#N. The second-order valence-electron chi connectivity index (χ2n) is 4.62. The zero-order valence-corrected chi connectivity index (χ0v) is 13.7. The van der Waals surface area contributed by atoms with E-state index in [0.29, 0.717) is 27.8 Å². The van der Waals surface area contributed by atoms with Crippen molar-refractivity contribution in [2.45, 2.75) is 13.3 Å². The maximum absolute atomic E-state index is 9.53. The van der Waals surface area contributed by atoms with E-state index in [9.17, 15) is 10.5 Å². The van der Waals surface area contributed by atoms with Gasteiger partial charge in [-0.2, -0.15) is 15.5 Å². The number of ether oxygens (including phenoxy) is 1. The number of nitrogen functional groups attached to an aromatic ring is 1. The summed E-state index contributed by atoms with van der Waals surface area (Å²) in [4.78, 5) is 4.03. The minimum Gasteiger partial charge on any atom is -0.477 e. The van der Waals surface area contributed by atoms with Crippen molar-refractivity contribution in [3.05, 3.63) is 39.4 Å². The smallest absolute Gasteiger partial charge is 0.234 e. The van der Waals surface area contributed by atoms with Gasteiger partial charge in [0, 0.05) is 21.2 Å². The van der Waals surface area contributed by atoms with Crippen molar-refractivity contribution >= 4 is 29.0 Å². The minimum atomic E-state index is -0.0152. The van der Waals surface area contributed by atoms with E-state index in [2.05, 4.69) is 4.98 Å². The van der Waals surface area contributed by atoms with Gasteiger partial charge in [0.05, 0.1) is 6.61 Å². The van der Waals surface area contributed by atoms with Gasteiger partial charge in [-0.3, -0.25) is 0 Å². The maximum Gasteiger partial charge on any atom is 0.234 e. The zero-order chi connectivity index (χ0) is 17.0. The fourth-order valence-corrected chi connectivity index (χ4v) is 2.57. The summed E-state index contributed by atoms with van der Waals surface area (Å²) in [7, 11) is 0. The summed E-state index contributed by atoms with van der Waals surface area (Å²) in [6.07, 6.45) is 0.740.